The van der Waals surface area contributed by atoms with Crippen LogP contribution in [0.4, 0.5) is 5.69 Å². The van der Waals surface area contributed by atoms with E-state index in [-0.39, 0.29) is 11.7 Å². The molecule has 1 atom stereocenters. The van der Waals surface area contributed by atoms with Gasteiger partial charge in [0.05, 0.1) is 13.3 Å². The van der Waals surface area contributed by atoms with E-state index in [1.165, 1.54) is 13.3 Å². The number of hydrazone groups is 1. The van der Waals surface area contributed by atoms with Crippen LogP contribution in [0.25, 0.3) is 0 Å². The number of amides is 1. The molecule has 1 amide bonds. The predicted molar refractivity (Wildman–Crippen MR) is 102 cm³/mol. The molecule has 0 fully saturated rings. The van der Waals surface area contributed by atoms with Gasteiger partial charge in [-0.1, -0.05) is 34.1 Å². The third kappa shape index (κ3) is 4.96. The minimum atomic E-state index is -0.469. The first-order chi connectivity index (χ1) is 11.9. The number of carbonyl (C=O) groups is 1. The van der Waals surface area contributed by atoms with Gasteiger partial charge in [-0.05, 0) is 37.6 Å². The molecule has 25 heavy (non-hydrogen) atoms. The molecule has 3 N–H and O–H groups in total. The van der Waals surface area contributed by atoms with Gasteiger partial charge >= 0.3 is 0 Å². The summed E-state index contributed by atoms with van der Waals surface area (Å²) < 4.78 is 5.80. The summed E-state index contributed by atoms with van der Waals surface area (Å²) in [5.74, 6) is -0.0209. The maximum absolute atomic E-state index is 12.1. The molecule has 6 nitrogen and oxygen atoms in total. The first-order valence-corrected chi connectivity index (χ1v) is 8.43. The summed E-state index contributed by atoms with van der Waals surface area (Å²) in [5.41, 5.74) is 4.82. The summed E-state index contributed by atoms with van der Waals surface area (Å²) >= 11 is 3.33. The second-order valence-corrected chi connectivity index (χ2v) is 6.38. The van der Waals surface area contributed by atoms with E-state index in [1.807, 2.05) is 31.2 Å². The van der Waals surface area contributed by atoms with E-state index in [4.69, 9.17) is 4.74 Å². The quantitative estimate of drug-likeness (QED) is 0.507. The summed E-state index contributed by atoms with van der Waals surface area (Å²) in [5, 5.41) is 17.1. The van der Waals surface area contributed by atoms with Crippen molar-refractivity contribution < 1.29 is 14.6 Å². The van der Waals surface area contributed by atoms with Gasteiger partial charge in [0.2, 0.25) is 0 Å². The molecular weight excluding hydrogens is 386 g/mol. The summed E-state index contributed by atoms with van der Waals surface area (Å²) in [7, 11) is 1.46. The van der Waals surface area contributed by atoms with Crippen LogP contribution in [-0.4, -0.2) is 30.4 Å². The fraction of sp³-hybridized carbons (Fsp3) is 0.222. The molecule has 2 rings (SSSR count). The molecule has 0 heterocycles. The second-order valence-electron chi connectivity index (χ2n) is 5.46. The molecule has 132 valence electrons. The topological polar surface area (TPSA) is 83.0 Å². The number of carbonyl (C=O) groups excluding carboxylic acids is 1. The van der Waals surface area contributed by atoms with Crippen LogP contribution in [-0.2, 0) is 4.79 Å². The Morgan fingerprint density at radius 1 is 1.36 bits per heavy atom. The number of hydrogen-bond donors (Lipinski definition) is 3. The van der Waals surface area contributed by atoms with Crippen molar-refractivity contribution in [3.63, 3.8) is 0 Å². The van der Waals surface area contributed by atoms with Crippen molar-refractivity contribution in [3.8, 4) is 11.5 Å². The normalized spacial score (nSPS) is 12.0. The van der Waals surface area contributed by atoms with Gasteiger partial charge in [-0.25, -0.2) is 5.43 Å². The Bertz CT molecular complexity index is 793. The lowest BCUT2D eigenvalue weighted by Gasteiger charge is -2.15. The summed E-state index contributed by atoms with van der Waals surface area (Å²) in [6.45, 7) is 3.71. The minimum absolute atomic E-state index is 0.0465. The van der Waals surface area contributed by atoms with Crippen LogP contribution >= 0.6 is 15.9 Å². The van der Waals surface area contributed by atoms with Crippen molar-refractivity contribution in [2.45, 2.75) is 19.9 Å². The Morgan fingerprint density at radius 3 is 2.76 bits per heavy atom. The molecule has 0 aromatic heterocycles. The van der Waals surface area contributed by atoms with Crippen molar-refractivity contribution in [2.24, 2.45) is 5.10 Å². The molecule has 7 heteroatoms. The molecule has 0 saturated carbocycles. The lowest BCUT2D eigenvalue weighted by Crippen LogP contribution is -2.35. The predicted octanol–water partition coefficient (Wildman–Crippen LogP) is 3.42. The summed E-state index contributed by atoms with van der Waals surface area (Å²) in [6.07, 6.45) is 1.36. The van der Waals surface area contributed by atoms with E-state index in [0.29, 0.717) is 11.3 Å². The number of ether oxygens (including phenoxy) is 1. The van der Waals surface area contributed by atoms with Crippen LogP contribution in [0, 0.1) is 6.92 Å². The Labute approximate surface area is 155 Å². The lowest BCUT2D eigenvalue weighted by atomic mass is 10.2. The van der Waals surface area contributed by atoms with Gasteiger partial charge in [-0.15, -0.1) is 0 Å². The maximum Gasteiger partial charge on any atom is 0.262 e. The van der Waals surface area contributed by atoms with Crippen molar-refractivity contribution in [1.82, 2.24) is 5.43 Å². The first kappa shape index (κ1) is 18.8. The van der Waals surface area contributed by atoms with Crippen LogP contribution in [0.15, 0.2) is 46.0 Å². The summed E-state index contributed by atoms with van der Waals surface area (Å²) in [6, 6.07) is 10.6. The fourth-order valence-corrected chi connectivity index (χ4v) is 2.60. The Balaban J connectivity index is 2.01. The number of hydrogen-bond acceptors (Lipinski definition) is 5. The highest BCUT2D eigenvalue weighted by molar-refractivity contribution is 9.10. The number of phenols is 1. The molecule has 0 aliphatic rings. The van der Waals surface area contributed by atoms with Gasteiger partial charge in [0.1, 0.15) is 6.04 Å². The molecule has 2 aromatic rings. The second kappa shape index (κ2) is 8.53. The standard InChI is InChI=1S/C18H20BrN3O3/c1-11-6-4-5-7-15(11)21-12(2)18(24)22-20-10-13-8-14(19)9-16(25-3)17(13)23/h4-10,12,21,23H,1-3H3,(H,22,24)/b20-10+/t12-/m1/s1. The molecule has 0 aliphatic carbocycles. The van der Waals surface area contributed by atoms with Crippen molar-refractivity contribution >= 4 is 33.7 Å². The molecule has 0 spiro atoms. The average molecular weight is 406 g/mol. The number of nitrogens with one attached hydrogen (secondary N) is 2. The zero-order valence-electron chi connectivity index (χ0n) is 14.2. The molecule has 0 aliphatic heterocycles. The highest BCUT2D eigenvalue weighted by atomic mass is 79.9. The lowest BCUT2D eigenvalue weighted by molar-refractivity contribution is -0.121. The van der Waals surface area contributed by atoms with E-state index >= 15 is 0 Å². The highest BCUT2D eigenvalue weighted by Gasteiger charge is 2.13. The van der Waals surface area contributed by atoms with Crippen LogP contribution in [0.3, 0.4) is 0 Å². The van der Waals surface area contributed by atoms with E-state index in [0.717, 1.165) is 15.7 Å². The number of aryl methyl sites for hydroxylation is 1. The number of halogens is 1. The summed E-state index contributed by atoms with van der Waals surface area (Å²) in [4.78, 5) is 12.1. The van der Waals surface area contributed by atoms with Crippen molar-refractivity contribution in [3.05, 3.63) is 52.0 Å². The monoisotopic (exact) mass is 405 g/mol. The number of nitrogens with zero attached hydrogens (tertiary/aromatic N) is 1. The Kier molecular flexibility index (Phi) is 6.41. The zero-order chi connectivity index (χ0) is 18.4. The van der Waals surface area contributed by atoms with Crippen LogP contribution in [0.1, 0.15) is 18.1 Å². The number of para-hydroxylation sites is 1. The first-order valence-electron chi connectivity index (χ1n) is 7.64. The molecule has 0 saturated heterocycles. The van der Waals surface area contributed by atoms with Crippen LogP contribution < -0.4 is 15.5 Å². The SMILES string of the molecule is COc1cc(Br)cc(/C=N/NC(=O)[C@@H](C)Nc2ccccc2C)c1O. The molecule has 0 bridgehead atoms. The van der Waals surface area contributed by atoms with E-state index in [2.05, 4.69) is 31.8 Å². The number of anilines is 1. The number of phenolic OH excluding ortho intramolecular Hbond substituents is 1. The fourth-order valence-electron chi connectivity index (χ4n) is 2.14. The van der Waals surface area contributed by atoms with Crippen molar-refractivity contribution in [2.75, 3.05) is 12.4 Å². The number of benzene rings is 2. The molecule has 0 unspecified atom stereocenters. The van der Waals surface area contributed by atoms with Gasteiger partial charge in [-0.3, -0.25) is 4.79 Å². The zero-order valence-corrected chi connectivity index (χ0v) is 15.8. The Hall–Kier alpha value is -2.54. The highest BCUT2D eigenvalue weighted by Crippen LogP contribution is 2.32. The van der Waals surface area contributed by atoms with Crippen molar-refractivity contribution in [1.29, 1.82) is 0 Å². The molecule has 2 aromatic carbocycles. The Morgan fingerprint density at radius 2 is 2.08 bits per heavy atom. The van der Waals surface area contributed by atoms with Gasteiger partial charge < -0.3 is 15.2 Å². The maximum atomic E-state index is 12.1. The van der Waals surface area contributed by atoms with E-state index in [9.17, 15) is 9.90 Å². The van der Waals surface area contributed by atoms with Gasteiger partial charge in [0, 0.05) is 15.7 Å². The van der Waals surface area contributed by atoms with Gasteiger partial charge in [0.25, 0.3) is 5.91 Å². The number of aromatic hydroxyl groups is 1. The third-order valence-electron chi connectivity index (χ3n) is 3.58. The smallest absolute Gasteiger partial charge is 0.262 e. The molecule has 0 radical (unpaired) electrons. The average Bonchev–Trinajstić information content (AvgIpc) is 2.59. The van der Waals surface area contributed by atoms with Crippen LogP contribution in [0.2, 0.25) is 0 Å². The largest absolute Gasteiger partial charge is 0.504 e. The van der Waals surface area contributed by atoms with Gasteiger partial charge in [0.15, 0.2) is 11.5 Å². The minimum Gasteiger partial charge on any atom is -0.504 e. The molecular formula is C18H20BrN3O3. The van der Waals surface area contributed by atoms with Crippen LogP contribution in [0.5, 0.6) is 11.5 Å². The van der Waals surface area contributed by atoms with Gasteiger partial charge in [-0.2, -0.15) is 5.10 Å². The third-order valence-corrected chi connectivity index (χ3v) is 4.04. The number of methoxy groups -OCH3 is 1. The van der Waals surface area contributed by atoms with E-state index < -0.39 is 6.04 Å². The van der Waals surface area contributed by atoms with E-state index in [1.54, 1.807) is 19.1 Å². The number of rotatable bonds is 6.